The van der Waals surface area contributed by atoms with Crippen LogP contribution in [0.15, 0.2) is 41.4 Å². The Morgan fingerprint density at radius 2 is 2.03 bits per heavy atom. The van der Waals surface area contributed by atoms with Crippen LogP contribution in [-0.2, 0) is 9.53 Å². The van der Waals surface area contributed by atoms with Crippen LogP contribution in [0.3, 0.4) is 0 Å². The van der Waals surface area contributed by atoms with E-state index in [4.69, 9.17) is 16.3 Å². The molecule has 0 spiro atoms. The fourth-order valence-corrected chi connectivity index (χ4v) is 4.67. The van der Waals surface area contributed by atoms with Gasteiger partial charge in [-0.2, -0.15) is 4.99 Å². The van der Waals surface area contributed by atoms with E-state index in [1.165, 1.54) is 0 Å². The number of aliphatic imine (C=N–C) groups is 1. The molecule has 3 amide bonds. The Labute approximate surface area is 214 Å². The zero-order valence-electron chi connectivity index (χ0n) is 20.0. The van der Waals surface area contributed by atoms with Crippen molar-refractivity contribution in [3.63, 3.8) is 0 Å². The topological polar surface area (TPSA) is 112 Å². The summed E-state index contributed by atoms with van der Waals surface area (Å²) in [6.07, 6.45) is 2.39. The summed E-state index contributed by atoms with van der Waals surface area (Å²) < 4.78 is 5.55. The molecular formula is C26H28ClN5O4. The summed E-state index contributed by atoms with van der Waals surface area (Å²) in [5.41, 5.74) is 3.33. The fraction of sp³-hybridized carbons (Fsp3) is 0.385. The van der Waals surface area contributed by atoms with Crippen molar-refractivity contribution >= 4 is 46.7 Å². The third-order valence-corrected chi connectivity index (χ3v) is 6.87. The Kier molecular flexibility index (Phi) is 6.93. The highest BCUT2D eigenvalue weighted by molar-refractivity contribution is 6.36. The lowest BCUT2D eigenvalue weighted by Gasteiger charge is -2.31. The van der Waals surface area contributed by atoms with E-state index in [9.17, 15) is 14.4 Å². The standard InChI is InChI=1S/C26H28ClN5O4/c1-15-14-32(11-12-36-15)25(35)18-3-2-4-21(23(18)27)29-20-8-7-17(13-19(20)16-5-6-16)24(34)31-26-28-10-9-22(33)30-26/h2-4,7-8,13,15-16,29H,5-6,9-12,14H2,1H3,(H2,28,30,31,33,34). The smallest absolute Gasteiger partial charge is 0.280 e. The highest BCUT2D eigenvalue weighted by Gasteiger charge is 2.29. The van der Waals surface area contributed by atoms with Gasteiger partial charge in [-0.15, -0.1) is 0 Å². The van der Waals surface area contributed by atoms with Crippen LogP contribution in [0.5, 0.6) is 0 Å². The molecule has 2 aliphatic heterocycles. The monoisotopic (exact) mass is 509 g/mol. The highest BCUT2D eigenvalue weighted by atomic mass is 35.5. The van der Waals surface area contributed by atoms with Gasteiger partial charge in [0.15, 0.2) is 0 Å². The zero-order valence-corrected chi connectivity index (χ0v) is 20.7. The molecule has 2 aromatic rings. The number of benzene rings is 2. The van der Waals surface area contributed by atoms with Crippen molar-refractivity contribution in [2.45, 2.75) is 38.2 Å². The summed E-state index contributed by atoms with van der Waals surface area (Å²) in [5, 5.41) is 9.23. The van der Waals surface area contributed by atoms with Gasteiger partial charge in [-0.1, -0.05) is 17.7 Å². The van der Waals surface area contributed by atoms with Crippen molar-refractivity contribution in [2.24, 2.45) is 4.99 Å². The van der Waals surface area contributed by atoms with Gasteiger partial charge in [0.05, 0.1) is 29.0 Å². The van der Waals surface area contributed by atoms with Gasteiger partial charge in [-0.25, -0.2) is 0 Å². The second-order valence-electron chi connectivity index (χ2n) is 9.29. The van der Waals surface area contributed by atoms with Crippen LogP contribution in [0.1, 0.15) is 58.4 Å². The molecule has 3 aliphatic rings. The lowest BCUT2D eigenvalue weighted by molar-refractivity contribution is -0.120. The fourth-order valence-electron chi connectivity index (χ4n) is 4.42. The number of anilines is 2. The second kappa shape index (κ2) is 10.3. The first-order valence-electron chi connectivity index (χ1n) is 12.2. The van der Waals surface area contributed by atoms with Crippen molar-refractivity contribution < 1.29 is 19.1 Å². The predicted molar refractivity (Wildman–Crippen MR) is 137 cm³/mol. The molecule has 10 heteroatoms. The summed E-state index contributed by atoms with van der Waals surface area (Å²) in [5.74, 6) is -0.212. The molecule has 1 unspecified atom stereocenters. The quantitative estimate of drug-likeness (QED) is 0.569. The van der Waals surface area contributed by atoms with Gasteiger partial charge in [-0.3, -0.25) is 19.7 Å². The maximum Gasteiger partial charge on any atom is 0.280 e. The van der Waals surface area contributed by atoms with E-state index in [2.05, 4.69) is 20.9 Å². The minimum absolute atomic E-state index is 0.0135. The van der Waals surface area contributed by atoms with Gasteiger partial charge in [0.1, 0.15) is 0 Å². The van der Waals surface area contributed by atoms with Gasteiger partial charge in [-0.05, 0) is 61.6 Å². The molecule has 9 nitrogen and oxygen atoms in total. The number of nitrogens with zero attached hydrogens (tertiary/aromatic N) is 2. The van der Waals surface area contributed by atoms with Crippen molar-refractivity contribution in [1.82, 2.24) is 15.5 Å². The molecule has 36 heavy (non-hydrogen) atoms. The number of amides is 3. The number of morpholine rings is 1. The van der Waals surface area contributed by atoms with Crippen LogP contribution < -0.4 is 16.0 Å². The minimum atomic E-state index is -0.432. The third kappa shape index (κ3) is 5.37. The summed E-state index contributed by atoms with van der Waals surface area (Å²) in [7, 11) is 0. The normalized spacial score (nSPS) is 21.1. The lowest BCUT2D eigenvalue weighted by Crippen LogP contribution is -2.48. The first-order chi connectivity index (χ1) is 17.4. The van der Waals surface area contributed by atoms with E-state index < -0.39 is 5.91 Å². The van der Waals surface area contributed by atoms with E-state index in [0.29, 0.717) is 60.4 Å². The number of carbonyl (C=O) groups excluding carboxylic acids is 3. The first-order valence-corrected chi connectivity index (χ1v) is 12.5. The molecule has 188 valence electrons. The molecule has 2 aromatic carbocycles. The average molecular weight is 510 g/mol. The molecule has 0 radical (unpaired) electrons. The molecule has 5 rings (SSSR count). The van der Waals surface area contributed by atoms with E-state index in [1.807, 2.05) is 31.2 Å². The van der Waals surface area contributed by atoms with E-state index in [-0.39, 0.29) is 23.9 Å². The Balaban J connectivity index is 1.37. The van der Waals surface area contributed by atoms with Crippen LogP contribution in [0, 0.1) is 0 Å². The Morgan fingerprint density at radius 3 is 2.78 bits per heavy atom. The lowest BCUT2D eigenvalue weighted by atomic mass is 10.0. The van der Waals surface area contributed by atoms with Gasteiger partial charge >= 0.3 is 0 Å². The second-order valence-corrected chi connectivity index (χ2v) is 9.67. The van der Waals surface area contributed by atoms with Crippen molar-refractivity contribution in [2.75, 3.05) is 31.6 Å². The molecule has 1 atom stereocenters. The average Bonchev–Trinajstić information content (AvgIpc) is 3.70. The summed E-state index contributed by atoms with van der Waals surface area (Å²) >= 11 is 6.70. The third-order valence-electron chi connectivity index (χ3n) is 6.46. The van der Waals surface area contributed by atoms with E-state index >= 15 is 0 Å². The number of ether oxygens (including phenoxy) is 1. The Hall–Kier alpha value is -3.43. The van der Waals surface area contributed by atoms with Gasteiger partial charge in [0, 0.05) is 37.3 Å². The van der Waals surface area contributed by atoms with Crippen LogP contribution in [-0.4, -0.2) is 60.9 Å². The molecule has 1 saturated carbocycles. The molecule has 1 aliphatic carbocycles. The molecule has 3 N–H and O–H groups in total. The largest absolute Gasteiger partial charge is 0.375 e. The molecule has 3 fully saturated rings. The van der Waals surface area contributed by atoms with E-state index in [0.717, 1.165) is 24.1 Å². The Bertz CT molecular complexity index is 1240. The van der Waals surface area contributed by atoms with Crippen LogP contribution >= 0.6 is 11.6 Å². The number of hydrogen-bond donors (Lipinski definition) is 3. The van der Waals surface area contributed by atoms with Crippen LogP contribution in [0.4, 0.5) is 11.4 Å². The Morgan fingerprint density at radius 1 is 1.19 bits per heavy atom. The summed E-state index contributed by atoms with van der Waals surface area (Å²) in [4.78, 5) is 43.3. The number of hydrogen-bond acceptors (Lipinski definition) is 5. The summed E-state index contributed by atoms with van der Waals surface area (Å²) in [6.45, 7) is 3.95. The first kappa shape index (κ1) is 24.3. The molecule has 2 saturated heterocycles. The van der Waals surface area contributed by atoms with Gasteiger partial charge < -0.3 is 20.3 Å². The maximum absolute atomic E-state index is 13.1. The maximum atomic E-state index is 13.1. The highest BCUT2D eigenvalue weighted by Crippen LogP contribution is 2.45. The SMILES string of the molecule is CC1CN(C(=O)c2cccc(Nc3ccc(C(=O)/N=C4\NCCC(=O)N4)cc3C3CC3)c2Cl)CCO1. The zero-order chi connectivity index (χ0) is 25.2. The van der Waals surface area contributed by atoms with Crippen molar-refractivity contribution in [3.05, 3.63) is 58.1 Å². The summed E-state index contributed by atoms with van der Waals surface area (Å²) in [6, 6.07) is 10.7. The number of halogens is 1. The van der Waals surface area contributed by atoms with Crippen LogP contribution in [0.2, 0.25) is 5.02 Å². The molecule has 0 aromatic heterocycles. The number of nitrogens with one attached hydrogen (secondary N) is 3. The predicted octanol–water partition coefficient (Wildman–Crippen LogP) is 3.43. The van der Waals surface area contributed by atoms with Crippen molar-refractivity contribution in [1.29, 1.82) is 0 Å². The van der Waals surface area contributed by atoms with Crippen molar-refractivity contribution in [3.8, 4) is 0 Å². The van der Waals surface area contributed by atoms with Gasteiger partial charge in [0.25, 0.3) is 11.8 Å². The molecule has 2 heterocycles. The number of rotatable bonds is 5. The minimum Gasteiger partial charge on any atom is -0.375 e. The molecule has 0 bridgehead atoms. The number of guanidine groups is 1. The van der Waals surface area contributed by atoms with E-state index in [1.54, 1.807) is 17.0 Å². The van der Waals surface area contributed by atoms with Crippen LogP contribution in [0.25, 0.3) is 0 Å². The molecular weight excluding hydrogens is 482 g/mol. The number of carbonyl (C=O) groups is 3. The van der Waals surface area contributed by atoms with Gasteiger partial charge in [0.2, 0.25) is 11.9 Å².